The van der Waals surface area contributed by atoms with Crippen molar-refractivity contribution >= 4 is 17.8 Å². The lowest BCUT2D eigenvalue weighted by atomic mass is 10.3. The maximum absolute atomic E-state index is 11.9. The fourth-order valence-electron chi connectivity index (χ4n) is 1.77. The van der Waals surface area contributed by atoms with Gasteiger partial charge in [0.25, 0.3) is 0 Å². The van der Waals surface area contributed by atoms with Crippen molar-refractivity contribution < 1.29 is 18.9 Å². The number of carbonyl (C=O) groups excluding carboxylic acids is 3. The molecule has 0 N–H and O–H groups in total. The molecule has 0 bridgehead atoms. The van der Waals surface area contributed by atoms with E-state index in [0.29, 0.717) is 17.9 Å². The molecule has 0 saturated carbocycles. The lowest BCUT2D eigenvalue weighted by Crippen LogP contribution is -2.33. The average molecular weight is 251 g/mol. The van der Waals surface area contributed by atoms with Gasteiger partial charge in [-0.1, -0.05) is 12.1 Å². The number of carbonyl (C=O) groups is 3. The topological polar surface area (TPSA) is 83.7 Å². The maximum atomic E-state index is 11.9. The molecule has 1 aromatic rings. The maximum Gasteiger partial charge on any atom is 0.334 e. The zero-order chi connectivity index (χ0) is 13.3. The van der Waals surface area contributed by atoms with Gasteiger partial charge in [-0.25, -0.2) is 9.69 Å². The van der Waals surface area contributed by atoms with Crippen LogP contribution in [0.5, 0.6) is 0 Å². The molecule has 1 aromatic heterocycles. The fourth-order valence-corrected chi connectivity index (χ4v) is 1.77. The Hall–Kier alpha value is -2.18. The summed E-state index contributed by atoms with van der Waals surface area (Å²) in [5.74, 6) is -1.00. The Balaban J connectivity index is 2.16. The Labute approximate surface area is 103 Å². The number of urea groups is 1. The molecule has 18 heavy (non-hydrogen) atoms. The van der Waals surface area contributed by atoms with Gasteiger partial charge < -0.3 is 4.52 Å². The third-order valence-corrected chi connectivity index (χ3v) is 2.58. The van der Waals surface area contributed by atoms with Crippen LogP contribution < -0.4 is 0 Å². The summed E-state index contributed by atoms with van der Waals surface area (Å²) in [6, 6.07) is 1.03. The summed E-state index contributed by atoms with van der Waals surface area (Å²) in [5.41, 5.74) is 0.445. The molecule has 0 radical (unpaired) electrons. The van der Waals surface area contributed by atoms with Crippen molar-refractivity contribution in [1.29, 1.82) is 0 Å². The standard InChI is InChI=1S/C11H13N3O4/c1-3-4-13-9(15)10(16)14(11(13)17)6-8-5-7(2)18-12-8/h5H,3-4,6H2,1-2H3. The zero-order valence-electron chi connectivity index (χ0n) is 10.2. The van der Waals surface area contributed by atoms with Gasteiger partial charge in [-0.3, -0.25) is 14.5 Å². The predicted molar refractivity (Wildman–Crippen MR) is 59.2 cm³/mol. The van der Waals surface area contributed by atoms with Crippen LogP contribution >= 0.6 is 0 Å². The van der Waals surface area contributed by atoms with E-state index in [2.05, 4.69) is 5.16 Å². The molecule has 0 aromatic carbocycles. The number of hydrogen-bond acceptors (Lipinski definition) is 5. The fraction of sp³-hybridized carbons (Fsp3) is 0.455. The zero-order valence-corrected chi connectivity index (χ0v) is 10.2. The molecule has 0 atom stereocenters. The number of aromatic nitrogens is 1. The summed E-state index contributed by atoms with van der Waals surface area (Å²) in [6.45, 7) is 3.74. The number of rotatable bonds is 4. The van der Waals surface area contributed by atoms with E-state index in [1.54, 1.807) is 13.0 Å². The molecule has 0 aliphatic carbocycles. The summed E-state index contributed by atoms with van der Waals surface area (Å²) in [6.07, 6.45) is 0.613. The molecule has 2 rings (SSSR count). The van der Waals surface area contributed by atoms with Crippen molar-refractivity contribution in [3.05, 3.63) is 17.5 Å². The molecule has 0 spiro atoms. The SMILES string of the molecule is CCCN1C(=O)C(=O)N(Cc2cc(C)on2)C1=O. The molecular weight excluding hydrogens is 238 g/mol. The number of hydrogen-bond donors (Lipinski definition) is 0. The van der Waals surface area contributed by atoms with Crippen molar-refractivity contribution in [3.63, 3.8) is 0 Å². The third-order valence-electron chi connectivity index (χ3n) is 2.58. The van der Waals surface area contributed by atoms with E-state index >= 15 is 0 Å². The summed E-state index contributed by atoms with van der Waals surface area (Å²) in [7, 11) is 0. The molecule has 1 aliphatic rings. The Bertz CT molecular complexity index is 508. The van der Waals surface area contributed by atoms with E-state index in [0.717, 1.165) is 9.80 Å². The highest BCUT2D eigenvalue weighted by molar-refractivity contribution is 6.44. The van der Waals surface area contributed by atoms with Crippen LogP contribution in [0.4, 0.5) is 4.79 Å². The number of amides is 4. The van der Waals surface area contributed by atoms with E-state index in [-0.39, 0.29) is 13.1 Å². The highest BCUT2D eigenvalue weighted by Gasteiger charge is 2.44. The average Bonchev–Trinajstić information content (AvgIpc) is 2.83. The van der Waals surface area contributed by atoms with E-state index in [4.69, 9.17) is 4.52 Å². The van der Waals surface area contributed by atoms with Crippen LogP contribution in [0.2, 0.25) is 0 Å². The number of aryl methyl sites for hydroxylation is 1. The monoisotopic (exact) mass is 251 g/mol. The molecule has 1 saturated heterocycles. The first kappa shape index (κ1) is 12.3. The van der Waals surface area contributed by atoms with E-state index in [1.807, 2.05) is 6.92 Å². The highest BCUT2D eigenvalue weighted by atomic mass is 16.5. The van der Waals surface area contributed by atoms with Crippen LogP contribution in [0.15, 0.2) is 10.6 Å². The van der Waals surface area contributed by atoms with E-state index in [1.165, 1.54) is 0 Å². The van der Waals surface area contributed by atoms with Gasteiger partial charge in [0.15, 0.2) is 0 Å². The van der Waals surface area contributed by atoms with Crippen LogP contribution in [0.1, 0.15) is 24.8 Å². The van der Waals surface area contributed by atoms with Crippen molar-refractivity contribution in [2.24, 2.45) is 0 Å². The molecule has 2 heterocycles. The van der Waals surface area contributed by atoms with Gasteiger partial charge in [-0.05, 0) is 13.3 Å². The normalized spacial score (nSPS) is 16.0. The van der Waals surface area contributed by atoms with Crippen LogP contribution in [-0.2, 0) is 16.1 Å². The second-order valence-corrected chi connectivity index (χ2v) is 4.06. The minimum atomic E-state index is -0.811. The predicted octanol–water partition coefficient (Wildman–Crippen LogP) is 0.684. The summed E-state index contributed by atoms with van der Waals surface area (Å²) in [5, 5.41) is 3.69. The summed E-state index contributed by atoms with van der Waals surface area (Å²) >= 11 is 0. The van der Waals surface area contributed by atoms with Crippen molar-refractivity contribution in [1.82, 2.24) is 15.0 Å². The van der Waals surface area contributed by atoms with Gasteiger partial charge in [0.1, 0.15) is 11.5 Å². The lowest BCUT2D eigenvalue weighted by Gasteiger charge is -2.13. The van der Waals surface area contributed by atoms with Gasteiger partial charge in [0.2, 0.25) is 0 Å². The Morgan fingerprint density at radius 1 is 1.22 bits per heavy atom. The minimum absolute atomic E-state index is 0.0407. The second kappa shape index (κ2) is 4.59. The second-order valence-electron chi connectivity index (χ2n) is 4.06. The first-order valence-corrected chi connectivity index (χ1v) is 5.64. The molecule has 7 heteroatoms. The number of imide groups is 2. The quantitative estimate of drug-likeness (QED) is 0.580. The van der Waals surface area contributed by atoms with Crippen LogP contribution in [0.3, 0.4) is 0 Å². The molecule has 4 amide bonds. The van der Waals surface area contributed by atoms with Crippen LogP contribution in [-0.4, -0.2) is 39.3 Å². The molecular formula is C11H13N3O4. The lowest BCUT2D eigenvalue weighted by molar-refractivity contribution is -0.143. The van der Waals surface area contributed by atoms with Crippen molar-refractivity contribution in [3.8, 4) is 0 Å². The summed E-state index contributed by atoms with van der Waals surface area (Å²) < 4.78 is 4.85. The van der Waals surface area contributed by atoms with Gasteiger partial charge in [0, 0.05) is 12.6 Å². The Morgan fingerprint density at radius 3 is 2.44 bits per heavy atom. The molecule has 1 fully saturated rings. The van der Waals surface area contributed by atoms with Gasteiger partial charge in [-0.2, -0.15) is 0 Å². The van der Waals surface area contributed by atoms with Crippen LogP contribution in [0, 0.1) is 6.92 Å². The van der Waals surface area contributed by atoms with Crippen molar-refractivity contribution in [2.75, 3.05) is 6.54 Å². The first-order valence-electron chi connectivity index (χ1n) is 5.64. The van der Waals surface area contributed by atoms with Gasteiger partial charge in [0.05, 0.1) is 6.54 Å². The summed E-state index contributed by atoms with van der Waals surface area (Å²) in [4.78, 5) is 37.0. The van der Waals surface area contributed by atoms with E-state index in [9.17, 15) is 14.4 Å². The van der Waals surface area contributed by atoms with Gasteiger partial charge in [-0.15, -0.1) is 0 Å². The number of nitrogens with zero attached hydrogens (tertiary/aromatic N) is 3. The smallest absolute Gasteiger partial charge is 0.334 e. The van der Waals surface area contributed by atoms with Crippen LogP contribution in [0.25, 0.3) is 0 Å². The van der Waals surface area contributed by atoms with E-state index < -0.39 is 17.8 Å². The Kier molecular flexibility index (Phi) is 3.14. The largest absolute Gasteiger partial charge is 0.361 e. The molecule has 0 unspecified atom stereocenters. The molecule has 7 nitrogen and oxygen atoms in total. The van der Waals surface area contributed by atoms with Gasteiger partial charge >= 0.3 is 17.8 Å². The highest BCUT2D eigenvalue weighted by Crippen LogP contribution is 2.16. The first-order chi connectivity index (χ1) is 8.54. The molecule has 96 valence electrons. The molecule has 1 aliphatic heterocycles. The third kappa shape index (κ3) is 1.99. The van der Waals surface area contributed by atoms with Crippen molar-refractivity contribution in [2.45, 2.75) is 26.8 Å². The minimum Gasteiger partial charge on any atom is -0.361 e. The Morgan fingerprint density at radius 2 is 1.89 bits per heavy atom.